The van der Waals surface area contributed by atoms with Gasteiger partial charge in [0.2, 0.25) is 5.91 Å². The molecule has 0 aliphatic heterocycles. The van der Waals surface area contributed by atoms with Crippen molar-refractivity contribution in [1.29, 1.82) is 0 Å². The van der Waals surface area contributed by atoms with Gasteiger partial charge in [-0.3, -0.25) is 14.2 Å². The van der Waals surface area contributed by atoms with Crippen LogP contribution in [0.1, 0.15) is 16.0 Å². The number of hydrogen-bond donors (Lipinski definition) is 1. The average molecular weight is 478 g/mol. The molecule has 0 radical (unpaired) electrons. The van der Waals surface area contributed by atoms with Crippen LogP contribution in [0.5, 0.6) is 0 Å². The molecule has 0 spiro atoms. The van der Waals surface area contributed by atoms with Crippen LogP contribution in [0.4, 0.5) is 5.69 Å². The first-order valence-electron chi connectivity index (χ1n) is 8.62. The van der Waals surface area contributed by atoms with Crippen LogP contribution >= 0.6 is 39.0 Å². The second kappa shape index (κ2) is 8.63. The van der Waals surface area contributed by atoms with E-state index >= 15 is 0 Å². The Hall–Kier alpha value is -1.90. The van der Waals surface area contributed by atoms with Crippen molar-refractivity contribution in [2.75, 3.05) is 11.1 Å². The predicted molar refractivity (Wildman–Crippen MR) is 122 cm³/mol. The maximum absolute atomic E-state index is 12.9. The number of anilines is 1. The highest BCUT2D eigenvalue weighted by molar-refractivity contribution is 9.10. The van der Waals surface area contributed by atoms with E-state index in [-0.39, 0.29) is 17.2 Å². The van der Waals surface area contributed by atoms with Crippen LogP contribution in [0.15, 0.2) is 45.3 Å². The Balaban J connectivity index is 1.85. The number of benzene rings is 1. The van der Waals surface area contributed by atoms with E-state index in [1.165, 1.54) is 23.1 Å². The number of nitrogens with one attached hydrogen (secondary N) is 1. The minimum Gasteiger partial charge on any atom is -0.324 e. The SMILES string of the molecule is C=CCn1c(SCC(=O)Nc2ccc(C)cc2Br)nc2sc(C)c(C)c2c1=O. The molecule has 3 rings (SSSR count). The lowest BCUT2D eigenvalue weighted by atomic mass is 10.2. The van der Waals surface area contributed by atoms with Crippen molar-refractivity contribution in [3.8, 4) is 0 Å². The summed E-state index contributed by atoms with van der Waals surface area (Å²) in [6.07, 6.45) is 1.66. The lowest BCUT2D eigenvalue weighted by Gasteiger charge is -2.11. The Labute approximate surface area is 180 Å². The summed E-state index contributed by atoms with van der Waals surface area (Å²) in [7, 11) is 0. The number of allylic oxidation sites excluding steroid dienone is 1. The highest BCUT2D eigenvalue weighted by Crippen LogP contribution is 2.29. The first-order chi connectivity index (χ1) is 13.3. The highest BCUT2D eigenvalue weighted by Gasteiger charge is 2.17. The zero-order valence-electron chi connectivity index (χ0n) is 15.8. The molecule has 28 heavy (non-hydrogen) atoms. The fraction of sp³-hybridized carbons (Fsp3) is 0.250. The summed E-state index contributed by atoms with van der Waals surface area (Å²) >= 11 is 6.22. The normalized spacial score (nSPS) is 11.0. The summed E-state index contributed by atoms with van der Waals surface area (Å²) in [6, 6.07) is 5.74. The summed E-state index contributed by atoms with van der Waals surface area (Å²) < 4.78 is 2.41. The minimum atomic E-state index is -0.160. The number of carbonyl (C=O) groups excluding carboxylic acids is 1. The molecule has 0 saturated heterocycles. The minimum absolute atomic E-state index is 0.0871. The van der Waals surface area contributed by atoms with Crippen molar-refractivity contribution in [3.05, 3.63) is 61.7 Å². The predicted octanol–water partition coefficient (Wildman–Crippen LogP) is 5.06. The third-order valence-corrected chi connectivity index (χ3v) is 7.03. The molecule has 0 atom stereocenters. The number of thiophene rings is 1. The first kappa shape index (κ1) is 20.8. The zero-order chi connectivity index (χ0) is 20.4. The van der Waals surface area contributed by atoms with Crippen LogP contribution in [0.2, 0.25) is 0 Å². The Kier molecular flexibility index (Phi) is 6.42. The Bertz CT molecular complexity index is 1130. The van der Waals surface area contributed by atoms with E-state index in [0.717, 1.165) is 20.5 Å². The van der Waals surface area contributed by atoms with Gasteiger partial charge in [-0.2, -0.15) is 0 Å². The van der Waals surface area contributed by atoms with Crippen molar-refractivity contribution >= 4 is 60.8 Å². The Morgan fingerprint density at radius 2 is 2.14 bits per heavy atom. The van der Waals surface area contributed by atoms with Crippen LogP contribution in [0, 0.1) is 20.8 Å². The van der Waals surface area contributed by atoms with Crippen LogP contribution in [0.25, 0.3) is 10.2 Å². The lowest BCUT2D eigenvalue weighted by molar-refractivity contribution is -0.113. The number of aromatic nitrogens is 2. The van der Waals surface area contributed by atoms with Gasteiger partial charge in [-0.25, -0.2) is 4.98 Å². The van der Waals surface area contributed by atoms with Gasteiger partial charge in [0.1, 0.15) is 4.83 Å². The van der Waals surface area contributed by atoms with Gasteiger partial charge >= 0.3 is 0 Å². The number of halogens is 1. The lowest BCUT2D eigenvalue weighted by Crippen LogP contribution is -2.23. The fourth-order valence-electron chi connectivity index (χ4n) is 2.75. The van der Waals surface area contributed by atoms with Gasteiger partial charge in [0.15, 0.2) is 5.16 Å². The molecule has 0 saturated carbocycles. The van der Waals surface area contributed by atoms with Crippen LogP contribution in [-0.4, -0.2) is 21.2 Å². The molecule has 1 aromatic carbocycles. The second-order valence-corrected chi connectivity index (χ2v) is 9.38. The van der Waals surface area contributed by atoms with Crippen molar-refractivity contribution in [3.63, 3.8) is 0 Å². The number of amides is 1. The van der Waals surface area contributed by atoms with Gasteiger partial charge in [0, 0.05) is 15.9 Å². The van der Waals surface area contributed by atoms with Crippen LogP contribution in [0.3, 0.4) is 0 Å². The summed E-state index contributed by atoms with van der Waals surface area (Å²) in [6.45, 7) is 10.00. The van der Waals surface area contributed by atoms with Crippen LogP contribution in [-0.2, 0) is 11.3 Å². The molecule has 1 amide bonds. The molecule has 0 aliphatic carbocycles. The maximum Gasteiger partial charge on any atom is 0.263 e. The summed E-state index contributed by atoms with van der Waals surface area (Å²) in [4.78, 5) is 31.8. The van der Waals surface area contributed by atoms with E-state index in [2.05, 4.69) is 32.8 Å². The molecule has 0 aliphatic rings. The molecule has 1 N–H and O–H groups in total. The van der Waals surface area contributed by atoms with Gasteiger partial charge < -0.3 is 5.32 Å². The molecule has 3 aromatic rings. The number of rotatable bonds is 6. The standard InChI is InChI=1S/C20H20BrN3O2S2/c1-5-8-24-19(26)17-12(3)13(4)28-18(17)23-20(24)27-10-16(25)22-15-7-6-11(2)9-14(15)21/h5-7,9H,1,8,10H2,2-4H3,(H,22,25). The number of thioether (sulfide) groups is 1. The molecular weight excluding hydrogens is 458 g/mol. The van der Waals surface area contributed by atoms with Crippen molar-refractivity contribution in [2.24, 2.45) is 0 Å². The molecular formula is C20H20BrN3O2S2. The van der Waals surface area contributed by atoms with E-state index in [1.807, 2.05) is 39.0 Å². The topological polar surface area (TPSA) is 64.0 Å². The molecule has 146 valence electrons. The smallest absolute Gasteiger partial charge is 0.263 e. The van der Waals surface area contributed by atoms with Crippen molar-refractivity contribution in [2.45, 2.75) is 32.5 Å². The van der Waals surface area contributed by atoms with Crippen molar-refractivity contribution < 1.29 is 4.79 Å². The van der Waals surface area contributed by atoms with E-state index in [0.29, 0.717) is 27.6 Å². The third kappa shape index (κ3) is 4.24. The third-order valence-electron chi connectivity index (χ3n) is 4.30. The molecule has 0 bridgehead atoms. The molecule has 5 nitrogen and oxygen atoms in total. The molecule has 0 fully saturated rings. The first-order valence-corrected chi connectivity index (χ1v) is 11.2. The molecule has 8 heteroatoms. The molecule has 2 heterocycles. The van der Waals surface area contributed by atoms with E-state index in [9.17, 15) is 9.59 Å². The van der Waals surface area contributed by atoms with Gasteiger partial charge in [-0.15, -0.1) is 17.9 Å². The van der Waals surface area contributed by atoms with Crippen molar-refractivity contribution in [1.82, 2.24) is 9.55 Å². The van der Waals surface area contributed by atoms with Gasteiger partial charge in [-0.05, 0) is 60.0 Å². The monoisotopic (exact) mass is 477 g/mol. The Morgan fingerprint density at radius 1 is 1.39 bits per heavy atom. The van der Waals surface area contributed by atoms with Gasteiger partial charge in [0.05, 0.1) is 16.8 Å². The molecule has 0 unspecified atom stereocenters. The van der Waals surface area contributed by atoms with Gasteiger partial charge in [-0.1, -0.05) is 23.9 Å². The van der Waals surface area contributed by atoms with E-state index in [1.54, 1.807) is 10.6 Å². The number of nitrogens with zero attached hydrogens (tertiary/aromatic N) is 2. The number of aryl methyl sites for hydroxylation is 3. The zero-order valence-corrected chi connectivity index (χ0v) is 19.1. The van der Waals surface area contributed by atoms with Crippen LogP contribution < -0.4 is 10.9 Å². The van der Waals surface area contributed by atoms with E-state index < -0.39 is 0 Å². The second-order valence-electron chi connectivity index (χ2n) is 6.38. The number of carbonyl (C=O) groups is 1. The number of fused-ring (bicyclic) bond motifs is 1. The fourth-order valence-corrected chi connectivity index (χ4v) is 5.22. The Morgan fingerprint density at radius 3 is 2.82 bits per heavy atom. The average Bonchev–Trinajstić information content (AvgIpc) is 2.92. The maximum atomic E-state index is 12.9. The molecule has 2 aromatic heterocycles. The summed E-state index contributed by atoms with van der Waals surface area (Å²) in [5, 5.41) is 4.06. The number of hydrogen-bond acceptors (Lipinski definition) is 5. The quantitative estimate of drug-likeness (QED) is 0.306. The highest BCUT2D eigenvalue weighted by atomic mass is 79.9. The largest absolute Gasteiger partial charge is 0.324 e. The summed E-state index contributed by atoms with van der Waals surface area (Å²) in [5.41, 5.74) is 2.70. The summed E-state index contributed by atoms with van der Waals surface area (Å²) in [5.74, 6) is -0.00810. The van der Waals surface area contributed by atoms with E-state index in [4.69, 9.17) is 0 Å². The van der Waals surface area contributed by atoms with Gasteiger partial charge in [0.25, 0.3) is 5.56 Å².